The summed E-state index contributed by atoms with van der Waals surface area (Å²) in [7, 11) is 1.41. The fourth-order valence-corrected chi connectivity index (χ4v) is 0.673. The molecule has 0 radical (unpaired) electrons. The van der Waals surface area contributed by atoms with Crippen LogP contribution in [0.25, 0.3) is 0 Å². The molecule has 0 amide bonds. The zero-order valence-corrected chi connectivity index (χ0v) is 6.87. The molecule has 0 saturated carbocycles. The first kappa shape index (κ1) is 8.70. The molecular weight excluding hydrogens is 163 g/mol. The Morgan fingerprint density at radius 3 is 2.92 bits per heavy atom. The van der Waals surface area contributed by atoms with Gasteiger partial charge in [0.2, 0.25) is 5.82 Å². The zero-order chi connectivity index (χ0) is 8.97. The molecule has 4 nitrogen and oxygen atoms in total. The summed E-state index contributed by atoms with van der Waals surface area (Å²) in [6, 6.07) is 0.0971. The van der Waals surface area contributed by atoms with Crippen molar-refractivity contribution >= 4 is 0 Å². The maximum Gasteiger partial charge on any atom is 0.319 e. The highest BCUT2D eigenvalue weighted by Gasteiger charge is 2.06. The van der Waals surface area contributed by atoms with E-state index >= 15 is 0 Å². The van der Waals surface area contributed by atoms with Crippen molar-refractivity contribution in [1.29, 1.82) is 0 Å². The van der Waals surface area contributed by atoms with Crippen LogP contribution in [-0.2, 0) is 0 Å². The molecule has 0 atom stereocenters. The van der Waals surface area contributed by atoms with E-state index in [0.29, 0.717) is 6.61 Å². The van der Waals surface area contributed by atoms with Gasteiger partial charge in [0.1, 0.15) is 0 Å². The molecule has 0 aliphatic rings. The molecule has 1 aromatic heterocycles. The van der Waals surface area contributed by atoms with Crippen molar-refractivity contribution in [3.8, 4) is 11.9 Å². The van der Waals surface area contributed by atoms with Crippen molar-refractivity contribution in [2.45, 2.75) is 6.92 Å². The highest BCUT2D eigenvalue weighted by molar-refractivity contribution is 5.13. The summed E-state index contributed by atoms with van der Waals surface area (Å²) in [5, 5.41) is 0. The van der Waals surface area contributed by atoms with Crippen LogP contribution < -0.4 is 9.47 Å². The first-order chi connectivity index (χ1) is 5.77. The summed E-state index contributed by atoms with van der Waals surface area (Å²) >= 11 is 0. The Morgan fingerprint density at radius 2 is 2.33 bits per heavy atom. The number of rotatable bonds is 3. The maximum atomic E-state index is 12.8. The second kappa shape index (κ2) is 3.85. The molecule has 0 aromatic carbocycles. The molecule has 0 aliphatic carbocycles. The highest BCUT2D eigenvalue weighted by atomic mass is 19.1. The van der Waals surface area contributed by atoms with Crippen molar-refractivity contribution in [3.63, 3.8) is 0 Å². The van der Waals surface area contributed by atoms with Gasteiger partial charge in [-0.3, -0.25) is 0 Å². The third-order valence-corrected chi connectivity index (χ3v) is 1.15. The Morgan fingerprint density at radius 1 is 1.58 bits per heavy atom. The summed E-state index contributed by atoms with van der Waals surface area (Å²) in [4.78, 5) is 7.20. The Bertz CT molecular complexity index is 268. The van der Waals surface area contributed by atoms with E-state index in [1.807, 2.05) is 0 Å². The molecular formula is C7H9FN2O2. The second-order valence-electron chi connectivity index (χ2n) is 1.94. The second-order valence-corrected chi connectivity index (χ2v) is 1.94. The monoisotopic (exact) mass is 172 g/mol. The number of nitrogens with zero attached hydrogens (tertiary/aromatic N) is 2. The molecule has 0 aliphatic heterocycles. The Kier molecular flexibility index (Phi) is 2.79. The predicted molar refractivity (Wildman–Crippen MR) is 39.7 cm³/mol. The molecule has 1 heterocycles. The van der Waals surface area contributed by atoms with Crippen LogP contribution in [0.3, 0.4) is 0 Å². The van der Waals surface area contributed by atoms with Gasteiger partial charge in [-0.15, -0.1) is 0 Å². The van der Waals surface area contributed by atoms with E-state index in [4.69, 9.17) is 4.74 Å². The van der Waals surface area contributed by atoms with Gasteiger partial charge < -0.3 is 9.47 Å². The first-order valence-corrected chi connectivity index (χ1v) is 3.47. The minimum atomic E-state index is -0.586. The minimum Gasteiger partial charge on any atom is -0.476 e. The van der Waals surface area contributed by atoms with Crippen molar-refractivity contribution in [2.75, 3.05) is 13.7 Å². The van der Waals surface area contributed by atoms with Crippen LogP contribution in [0.2, 0.25) is 0 Å². The molecule has 0 bridgehead atoms. The van der Waals surface area contributed by atoms with Crippen molar-refractivity contribution < 1.29 is 13.9 Å². The molecule has 5 heteroatoms. The lowest BCUT2D eigenvalue weighted by atomic mass is 10.6. The third-order valence-electron chi connectivity index (χ3n) is 1.15. The van der Waals surface area contributed by atoms with Gasteiger partial charge in [0.05, 0.1) is 19.9 Å². The number of halogens is 1. The third kappa shape index (κ3) is 1.81. The number of aromatic nitrogens is 2. The van der Waals surface area contributed by atoms with E-state index in [-0.39, 0.29) is 11.9 Å². The number of methoxy groups -OCH3 is 1. The Hall–Kier alpha value is -1.39. The standard InChI is InChI=1S/C7H9FN2O2/c1-3-12-6-5(8)4-9-7(10-6)11-2/h4H,3H2,1-2H3. The van der Waals surface area contributed by atoms with Gasteiger partial charge in [-0.25, -0.2) is 4.98 Å². The molecule has 66 valence electrons. The minimum absolute atomic E-state index is 0.0793. The van der Waals surface area contributed by atoms with Crippen LogP contribution in [0.15, 0.2) is 6.20 Å². The van der Waals surface area contributed by atoms with Gasteiger partial charge in [0.15, 0.2) is 0 Å². The average Bonchev–Trinajstić information content (AvgIpc) is 2.09. The average molecular weight is 172 g/mol. The summed E-state index contributed by atoms with van der Waals surface area (Å²) in [6.07, 6.45) is 1.01. The van der Waals surface area contributed by atoms with E-state index in [0.717, 1.165) is 6.20 Å². The SMILES string of the molecule is CCOc1nc(OC)ncc1F. The van der Waals surface area contributed by atoms with Crippen LogP contribution in [0.4, 0.5) is 4.39 Å². The molecule has 0 spiro atoms. The largest absolute Gasteiger partial charge is 0.476 e. The Labute approximate surface area is 69.4 Å². The van der Waals surface area contributed by atoms with Crippen LogP contribution in [0, 0.1) is 5.82 Å². The summed E-state index contributed by atoms with van der Waals surface area (Å²) in [5.41, 5.74) is 0. The van der Waals surface area contributed by atoms with Gasteiger partial charge in [-0.1, -0.05) is 0 Å². The fourth-order valence-electron chi connectivity index (χ4n) is 0.673. The zero-order valence-electron chi connectivity index (χ0n) is 6.87. The van der Waals surface area contributed by atoms with Crippen molar-refractivity contribution in [3.05, 3.63) is 12.0 Å². The van der Waals surface area contributed by atoms with Crippen molar-refractivity contribution in [2.24, 2.45) is 0 Å². The van der Waals surface area contributed by atoms with E-state index < -0.39 is 5.82 Å². The summed E-state index contributed by atoms with van der Waals surface area (Å²) in [5.74, 6) is -0.665. The normalized spacial score (nSPS) is 9.58. The first-order valence-electron chi connectivity index (χ1n) is 3.47. The topological polar surface area (TPSA) is 44.2 Å². The van der Waals surface area contributed by atoms with Gasteiger partial charge in [0.25, 0.3) is 5.88 Å². The molecule has 0 saturated heterocycles. The predicted octanol–water partition coefficient (Wildman–Crippen LogP) is 1.02. The summed E-state index contributed by atoms with van der Waals surface area (Å²) in [6.45, 7) is 2.10. The van der Waals surface area contributed by atoms with Crippen LogP contribution in [-0.4, -0.2) is 23.7 Å². The maximum absolute atomic E-state index is 12.8. The fraction of sp³-hybridized carbons (Fsp3) is 0.429. The summed E-state index contributed by atoms with van der Waals surface area (Å²) < 4.78 is 22.3. The van der Waals surface area contributed by atoms with Crippen LogP contribution >= 0.6 is 0 Å². The lowest BCUT2D eigenvalue weighted by Gasteiger charge is -2.03. The van der Waals surface area contributed by atoms with Crippen molar-refractivity contribution in [1.82, 2.24) is 9.97 Å². The molecule has 12 heavy (non-hydrogen) atoms. The molecule has 1 rings (SSSR count). The lowest BCUT2D eigenvalue weighted by molar-refractivity contribution is 0.292. The number of hydrogen-bond acceptors (Lipinski definition) is 4. The van der Waals surface area contributed by atoms with E-state index in [9.17, 15) is 4.39 Å². The van der Waals surface area contributed by atoms with E-state index in [1.165, 1.54) is 7.11 Å². The van der Waals surface area contributed by atoms with Crippen LogP contribution in [0.5, 0.6) is 11.9 Å². The van der Waals surface area contributed by atoms with Gasteiger partial charge in [-0.2, -0.15) is 9.37 Å². The lowest BCUT2D eigenvalue weighted by Crippen LogP contribution is -2.00. The van der Waals surface area contributed by atoms with Crippen LogP contribution in [0.1, 0.15) is 6.92 Å². The van der Waals surface area contributed by atoms with Gasteiger partial charge >= 0.3 is 6.01 Å². The Balaban J connectivity index is 2.91. The molecule has 0 unspecified atom stereocenters. The molecule has 0 fully saturated rings. The van der Waals surface area contributed by atoms with Gasteiger partial charge in [0, 0.05) is 0 Å². The highest BCUT2D eigenvalue weighted by Crippen LogP contribution is 2.14. The number of ether oxygens (including phenoxy) is 2. The molecule has 1 aromatic rings. The van der Waals surface area contributed by atoms with E-state index in [2.05, 4.69) is 14.7 Å². The molecule has 0 N–H and O–H groups in total. The van der Waals surface area contributed by atoms with Gasteiger partial charge in [-0.05, 0) is 6.92 Å². The number of hydrogen-bond donors (Lipinski definition) is 0. The van der Waals surface area contributed by atoms with E-state index in [1.54, 1.807) is 6.92 Å². The quantitative estimate of drug-likeness (QED) is 0.682. The smallest absolute Gasteiger partial charge is 0.319 e.